The van der Waals surface area contributed by atoms with Gasteiger partial charge in [-0.3, -0.25) is 9.79 Å². The number of benzene rings is 2. The molecule has 0 bridgehead atoms. The molecule has 0 atom stereocenters. The third-order valence-corrected chi connectivity index (χ3v) is 5.61. The summed E-state index contributed by atoms with van der Waals surface area (Å²) in [5.74, 6) is -0.306. The normalized spacial score (nSPS) is 18.0. The van der Waals surface area contributed by atoms with E-state index in [4.69, 9.17) is 11.6 Å². The van der Waals surface area contributed by atoms with Gasteiger partial charge in [-0.1, -0.05) is 35.9 Å². The number of hydrogen-bond acceptors (Lipinski definition) is 3. The number of carbonyl (C=O) groups is 2. The summed E-state index contributed by atoms with van der Waals surface area (Å²) in [5, 5.41) is 5.78. The summed E-state index contributed by atoms with van der Waals surface area (Å²) < 4.78 is 39.4. The average Bonchev–Trinajstić information content (AvgIpc) is 3.04. The van der Waals surface area contributed by atoms with Crippen LogP contribution in [0.25, 0.3) is 0 Å². The van der Waals surface area contributed by atoms with Crippen LogP contribution in [-0.2, 0) is 11.0 Å². The molecule has 0 unspecified atom stereocenters. The van der Waals surface area contributed by atoms with Crippen LogP contribution in [0.5, 0.6) is 0 Å². The van der Waals surface area contributed by atoms with E-state index in [1.807, 2.05) is 0 Å². The number of para-hydroxylation sites is 1. The molecule has 0 aliphatic carbocycles. The highest BCUT2D eigenvalue weighted by molar-refractivity contribution is 6.47. The lowest BCUT2D eigenvalue weighted by molar-refractivity contribution is -0.136. The maximum atomic E-state index is 13.1. The molecule has 4 rings (SSSR count). The predicted octanol–water partition coefficient (Wildman–Crippen LogP) is 4.30. The molecule has 2 heterocycles. The summed E-state index contributed by atoms with van der Waals surface area (Å²) in [6, 6.07) is 11.0. The van der Waals surface area contributed by atoms with Gasteiger partial charge >= 0.3 is 12.2 Å². The number of piperidine rings is 1. The molecular formula is C21H18ClF3N4O2. The Bertz CT molecular complexity index is 1050. The Morgan fingerprint density at radius 3 is 2.39 bits per heavy atom. The summed E-state index contributed by atoms with van der Waals surface area (Å²) in [7, 11) is 0. The molecular weight excluding hydrogens is 433 g/mol. The van der Waals surface area contributed by atoms with Crippen molar-refractivity contribution >= 4 is 34.9 Å². The summed E-state index contributed by atoms with van der Waals surface area (Å²) in [4.78, 5) is 31.0. The van der Waals surface area contributed by atoms with Gasteiger partial charge in [0.25, 0.3) is 5.91 Å². The molecule has 1 saturated heterocycles. The van der Waals surface area contributed by atoms with Gasteiger partial charge in [0, 0.05) is 36.5 Å². The second kappa shape index (κ2) is 7.88. The quantitative estimate of drug-likeness (QED) is 0.716. The van der Waals surface area contributed by atoms with Crippen molar-refractivity contribution in [3.63, 3.8) is 0 Å². The summed E-state index contributed by atoms with van der Waals surface area (Å²) in [5.41, 5.74) is -1.09. The number of alkyl halides is 3. The van der Waals surface area contributed by atoms with Crippen molar-refractivity contribution < 1.29 is 22.8 Å². The van der Waals surface area contributed by atoms with E-state index in [2.05, 4.69) is 15.6 Å². The number of amides is 3. The number of carbonyl (C=O) groups excluding carboxylic acids is 2. The first-order chi connectivity index (χ1) is 14.7. The molecule has 0 saturated carbocycles. The Balaban J connectivity index is 1.44. The van der Waals surface area contributed by atoms with Crippen LogP contribution in [0.1, 0.15) is 24.0 Å². The number of hydrogen-bond donors (Lipinski definition) is 2. The van der Waals surface area contributed by atoms with E-state index >= 15 is 0 Å². The van der Waals surface area contributed by atoms with Crippen molar-refractivity contribution in [2.45, 2.75) is 24.7 Å². The van der Waals surface area contributed by atoms with Crippen LogP contribution in [0, 0.1) is 0 Å². The zero-order chi connectivity index (χ0) is 22.2. The molecule has 2 aliphatic rings. The molecule has 2 N–H and O–H groups in total. The number of nitrogens with one attached hydrogen (secondary N) is 2. The zero-order valence-corrected chi connectivity index (χ0v) is 16.9. The van der Waals surface area contributed by atoms with E-state index in [1.165, 1.54) is 23.1 Å². The standard InChI is InChI=1S/C21H18ClF3N4O2/c22-14-7-5-13(6-8-14)17-18(30)28-20(27-17)9-11-29(12-10-20)19(31)26-16-4-2-1-3-15(16)21(23,24)25/h1-8H,9-12H2,(H,26,31)(H,28,30). The molecule has 3 amide bonds. The minimum absolute atomic E-state index is 0.234. The summed E-state index contributed by atoms with van der Waals surface area (Å²) in [6.07, 6.45) is -3.87. The molecule has 10 heteroatoms. The van der Waals surface area contributed by atoms with Crippen LogP contribution < -0.4 is 10.6 Å². The number of aliphatic imine (C=N–C) groups is 1. The van der Waals surface area contributed by atoms with E-state index in [1.54, 1.807) is 24.3 Å². The molecule has 31 heavy (non-hydrogen) atoms. The van der Waals surface area contributed by atoms with Gasteiger partial charge in [0.1, 0.15) is 11.4 Å². The Morgan fingerprint density at radius 2 is 1.74 bits per heavy atom. The fourth-order valence-electron chi connectivity index (χ4n) is 3.72. The second-order valence-electron chi connectivity index (χ2n) is 7.41. The number of likely N-dealkylation sites (tertiary alicyclic amines) is 1. The number of nitrogens with zero attached hydrogens (tertiary/aromatic N) is 2. The first-order valence-electron chi connectivity index (χ1n) is 9.57. The molecule has 6 nitrogen and oxygen atoms in total. The molecule has 2 aromatic carbocycles. The van der Waals surface area contributed by atoms with Gasteiger partial charge in [0.05, 0.1) is 11.3 Å². The summed E-state index contributed by atoms with van der Waals surface area (Å²) in [6.45, 7) is 0.468. The minimum atomic E-state index is -4.57. The number of halogens is 4. The molecule has 2 aromatic rings. The highest BCUT2D eigenvalue weighted by Crippen LogP contribution is 2.35. The van der Waals surface area contributed by atoms with Crippen molar-refractivity contribution in [3.05, 3.63) is 64.7 Å². The van der Waals surface area contributed by atoms with Gasteiger partial charge < -0.3 is 15.5 Å². The van der Waals surface area contributed by atoms with Gasteiger partial charge in [0.2, 0.25) is 0 Å². The van der Waals surface area contributed by atoms with Crippen LogP contribution in [-0.4, -0.2) is 41.3 Å². The Labute approximate surface area is 181 Å². The van der Waals surface area contributed by atoms with Gasteiger partial charge in [-0.15, -0.1) is 0 Å². The maximum absolute atomic E-state index is 13.1. The fourth-order valence-corrected chi connectivity index (χ4v) is 3.84. The van der Waals surface area contributed by atoms with Gasteiger partial charge in [0.15, 0.2) is 0 Å². The lowest BCUT2D eigenvalue weighted by Crippen LogP contribution is -2.53. The smallest absolute Gasteiger partial charge is 0.326 e. The van der Waals surface area contributed by atoms with Crippen molar-refractivity contribution in [1.82, 2.24) is 10.2 Å². The Kier molecular flexibility index (Phi) is 5.38. The van der Waals surface area contributed by atoms with Crippen LogP contribution >= 0.6 is 11.6 Å². The SMILES string of the molecule is O=C1NC2(CCN(C(=O)Nc3ccccc3C(F)(F)F)CC2)N=C1c1ccc(Cl)cc1. The van der Waals surface area contributed by atoms with Gasteiger partial charge in [-0.05, 0) is 24.3 Å². The monoisotopic (exact) mass is 450 g/mol. The van der Waals surface area contributed by atoms with E-state index < -0.39 is 23.4 Å². The topological polar surface area (TPSA) is 73.8 Å². The maximum Gasteiger partial charge on any atom is 0.418 e. The van der Waals surface area contributed by atoms with Crippen LogP contribution in [0.15, 0.2) is 53.5 Å². The van der Waals surface area contributed by atoms with Crippen molar-refractivity contribution in [1.29, 1.82) is 0 Å². The van der Waals surface area contributed by atoms with Crippen molar-refractivity contribution in [3.8, 4) is 0 Å². The molecule has 0 radical (unpaired) electrons. The minimum Gasteiger partial charge on any atom is -0.326 e. The Hall–Kier alpha value is -3.07. The highest BCUT2D eigenvalue weighted by Gasteiger charge is 2.43. The number of rotatable bonds is 2. The van der Waals surface area contributed by atoms with Crippen LogP contribution in [0.2, 0.25) is 5.02 Å². The fraction of sp³-hybridized carbons (Fsp3) is 0.286. The van der Waals surface area contributed by atoms with E-state index in [0.717, 1.165) is 6.07 Å². The first kappa shape index (κ1) is 21.2. The second-order valence-corrected chi connectivity index (χ2v) is 7.85. The molecule has 1 fully saturated rings. The zero-order valence-electron chi connectivity index (χ0n) is 16.2. The first-order valence-corrected chi connectivity index (χ1v) is 9.95. The Morgan fingerprint density at radius 1 is 1.10 bits per heavy atom. The number of urea groups is 1. The lowest BCUT2D eigenvalue weighted by Gasteiger charge is -2.37. The average molecular weight is 451 g/mol. The summed E-state index contributed by atoms with van der Waals surface area (Å²) >= 11 is 5.89. The molecule has 1 spiro atoms. The van der Waals surface area contributed by atoms with E-state index in [-0.39, 0.29) is 24.7 Å². The van der Waals surface area contributed by atoms with E-state index in [9.17, 15) is 22.8 Å². The molecule has 2 aliphatic heterocycles. The highest BCUT2D eigenvalue weighted by atomic mass is 35.5. The van der Waals surface area contributed by atoms with Gasteiger partial charge in [-0.2, -0.15) is 13.2 Å². The third kappa shape index (κ3) is 4.36. The predicted molar refractivity (Wildman–Crippen MR) is 110 cm³/mol. The molecule has 162 valence electrons. The third-order valence-electron chi connectivity index (χ3n) is 5.36. The van der Waals surface area contributed by atoms with Crippen LogP contribution in [0.4, 0.5) is 23.7 Å². The van der Waals surface area contributed by atoms with E-state index in [0.29, 0.717) is 29.1 Å². The van der Waals surface area contributed by atoms with Gasteiger partial charge in [-0.25, -0.2) is 4.79 Å². The largest absolute Gasteiger partial charge is 0.418 e. The van der Waals surface area contributed by atoms with Crippen molar-refractivity contribution in [2.75, 3.05) is 18.4 Å². The molecule has 0 aromatic heterocycles. The number of anilines is 1. The lowest BCUT2D eigenvalue weighted by atomic mass is 9.98. The van der Waals surface area contributed by atoms with Crippen LogP contribution in [0.3, 0.4) is 0 Å². The van der Waals surface area contributed by atoms with Crippen molar-refractivity contribution in [2.24, 2.45) is 4.99 Å².